The van der Waals surface area contributed by atoms with Crippen LogP contribution in [0.15, 0.2) is 6.20 Å². The molecule has 13 heavy (non-hydrogen) atoms. The van der Waals surface area contributed by atoms with Gasteiger partial charge in [-0.05, 0) is 19.4 Å². The molecule has 1 aliphatic heterocycles. The van der Waals surface area contributed by atoms with Gasteiger partial charge in [0.05, 0.1) is 11.9 Å². The monoisotopic (exact) mass is 183 g/mol. The summed E-state index contributed by atoms with van der Waals surface area (Å²) >= 11 is 0. The summed E-state index contributed by atoms with van der Waals surface area (Å²) in [6, 6.07) is 0.526. The molecule has 2 N–H and O–H groups in total. The molecule has 1 atom stereocenters. The van der Waals surface area contributed by atoms with Gasteiger partial charge in [-0.3, -0.25) is 0 Å². The lowest BCUT2D eigenvalue weighted by Crippen LogP contribution is -2.24. The van der Waals surface area contributed by atoms with Crippen molar-refractivity contribution in [2.75, 3.05) is 6.54 Å². The molecule has 1 aromatic rings. The van der Waals surface area contributed by atoms with Crippen molar-refractivity contribution in [3.05, 3.63) is 17.7 Å². The van der Waals surface area contributed by atoms with Crippen LogP contribution in [0, 0.1) is 0 Å². The van der Waals surface area contributed by atoms with Crippen LogP contribution in [0.5, 0.6) is 0 Å². The van der Waals surface area contributed by atoms with Crippen LogP contribution >= 0.6 is 0 Å². The molecule has 4 heteroatoms. The number of rotatable bonds is 3. The number of aromatic nitrogens is 2. The molecule has 0 spiro atoms. The molecule has 0 aromatic carbocycles. The molecule has 72 valence electrons. The zero-order chi connectivity index (χ0) is 9.10. The van der Waals surface area contributed by atoms with Gasteiger partial charge in [0.25, 0.3) is 0 Å². The largest absolute Gasteiger partial charge is 0.344 e. The maximum absolute atomic E-state index is 12.2. The number of hydrogen-bond donors (Lipinski definition) is 2. The van der Waals surface area contributed by atoms with Crippen molar-refractivity contribution in [1.29, 1.82) is 0 Å². The van der Waals surface area contributed by atoms with Crippen molar-refractivity contribution in [1.82, 2.24) is 15.3 Å². The standard InChI is InChI=1S/C9H14FN3/c10-5-8-6-12-9(13-8)4-7-2-1-3-11-7/h6-7,11H,1-5H2,(H,12,13). The van der Waals surface area contributed by atoms with Gasteiger partial charge in [0.2, 0.25) is 0 Å². The molecule has 0 aliphatic carbocycles. The second-order valence-electron chi connectivity index (χ2n) is 3.49. The van der Waals surface area contributed by atoms with E-state index in [2.05, 4.69) is 15.3 Å². The molecule has 0 saturated carbocycles. The Labute approximate surface area is 76.8 Å². The van der Waals surface area contributed by atoms with Gasteiger partial charge in [0, 0.05) is 12.5 Å². The van der Waals surface area contributed by atoms with Crippen LogP contribution in [-0.2, 0) is 13.1 Å². The van der Waals surface area contributed by atoms with Gasteiger partial charge in [0.1, 0.15) is 12.5 Å². The van der Waals surface area contributed by atoms with Crippen LogP contribution in [0.4, 0.5) is 4.39 Å². The van der Waals surface area contributed by atoms with Gasteiger partial charge in [-0.15, -0.1) is 0 Å². The average Bonchev–Trinajstić information content (AvgIpc) is 2.76. The summed E-state index contributed by atoms with van der Waals surface area (Å²) in [5.41, 5.74) is 0.577. The van der Waals surface area contributed by atoms with Crippen LogP contribution in [-0.4, -0.2) is 22.6 Å². The van der Waals surface area contributed by atoms with Crippen LogP contribution in [0.3, 0.4) is 0 Å². The minimum atomic E-state index is -0.453. The fraction of sp³-hybridized carbons (Fsp3) is 0.667. The Balaban J connectivity index is 1.92. The second kappa shape index (κ2) is 3.87. The Kier molecular flexibility index (Phi) is 2.59. The summed E-state index contributed by atoms with van der Waals surface area (Å²) in [6.45, 7) is 0.645. The summed E-state index contributed by atoms with van der Waals surface area (Å²) < 4.78 is 12.2. The maximum atomic E-state index is 12.2. The number of alkyl halides is 1. The molecule has 1 unspecified atom stereocenters. The van der Waals surface area contributed by atoms with Crippen LogP contribution in [0.25, 0.3) is 0 Å². The van der Waals surface area contributed by atoms with E-state index in [1.807, 2.05) is 0 Å². The first-order valence-corrected chi connectivity index (χ1v) is 4.70. The fourth-order valence-electron chi connectivity index (χ4n) is 1.74. The topological polar surface area (TPSA) is 40.7 Å². The molecule has 1 saturated heterocycles. The van der Waals surface area contributed by atoms with E-state index in [0.29, 0.717) is 11.7 Å². The van der Waals surface area contributed by atoms with E-state index in [1.54, 1.807) is 6.20 Å². The van der Waals surface area contributed by atoms with Gasteiger partial charge < -0.3 is 10.3 Å². The lowest BCUT2D eigenvalue weighted by atomic mass is 10.1. The molecule has 0 bridgehead atoms. The van der Waals surface area contributed by atoms with E-state index in [4.69, 9.17) is 0 Å². The predicted octanol–water partition coefficient (Wildman–Crippen LogP) is 1.17. The number of aromatic amines is 1. The summed E-state index contributed by atoms with van der Waals surface area (Å²) in [4.78, 5) is 7.08. The van der Waals surface area contributed by atoms with E-state index in [-0.39, 0.29) is 0 Å². The molecular weight excluding hydrogens is 169 g/mol. The number of H-pyrrole nitrogens is 1. The Morgan fingerprint density at radius 1 is 1.62 bits per heavy atom. The molecule has 1 aliphatic rings. The minimum Gasteiger partial charge on any atom is -0.344 e. The van der Waals surface area contributed by atoms with Crippen molar-refractivity contribution < 1.29 is 4.39 Å². The van der Waals surface area contributed by atoms with E-state index in [0.717, 1.165) is 18.8 Å². The third-order valence-electron chi connectivity index (χ3n) is 2.43. The van der Waals surface area contributed by atoms with Crippen molar-refractivity contribution in [3.8, 4) is 0 Å². The average molecular weight is 183 g/mol. The SMILES string of the molecule is FCc1cnc(CC2CCCN2)[nH]1. The number of nitrogens with zero attached hydrogens (tertiary/aromatic N) is 1. The lowest BCUT2D eigenvalue weighted by Gasteiger charge is -2.06. The molecule has 0 radical (unpaired) electrons. The lowest BCUT2D eigenvalue weighted by molar-refractivity contribution is 0.476. The summed E-state index contributed by atoms with van der Waals surface area (Å²) in [5.74, 6) is 0.895. The number of nitrogens with one attached hydrogen (secondary N) is 2. The minimum absolute atomic E-state index is 0.453. The Hall–Kier alpha value is -0.900. The Morgan fingerprint density at radius 2 is 2.54 bits per heavy atom. The fourth-order valence-corrected chi connectivity index (χ4v) is 1.74. The Morgan fingerprint density at radius 3 is 3.15 bits per heavy atom. The van der Waals surface area contributed by atoms with Gasteiger partial charge in [0.15, 0.2) is 0 Å². The molecule has 2 heterocycles. The van der Waals surface area contributed by atoms with E-state index >= 15 is 0 Å². The molecule has 1 fully saturated rings. The smallest absolute Gasteiger partial charge is 0.131 e. The third kappa shape index (κ3) is 2.06. The quantitative estimate of drug-likeness (QED) is 0.738. The van der Waals surface area contributed by atoms with Crippen molar-refractivity contribution >= 4 is 0 Å². The van der Waals surface area contributed by atoms with Crippen LogP contribution in [0.2, 0.25) is 0 Å². The van der Waals surface area contributed by atoms with Crippen molar-refractivity contribution in [3.63, 3.8) is 0 Å². The predicted molar refractivity (Wildman–Crippen MR) is 48.1 cm³/mol. The van der Waals surface area contributed by atoms with Crippen molar-refractivity contribution in [2.24, 2.45) is 0 Å². The highest BCUT2D eigenvalue weighted by atomic mass is 19.1. The zero-order valence-corrected chi connectivity index (χ0v) is 7.52. The molecule has 2 rings (SSSR count). The van der Waals surface area contributed by atoms with Crippen molar-refractivity contribution in [2.45, 2.75) is 32.0 Å². The highest BCUT2D eigenvalue weighted by molar-refractivity contribution is 5.01. The molecule has 0 amide bonds. The van der Waals surface area contributed by atoms with Gasteiger partial charge in [-0.2, -0.15) is 0 Å². The number of halogens is 1. The van der Waals surface area contributed by atoms with E-state index in [9.17, 15) is 4.39 Å². The first-order valence-electron chi connectivity index (χ1n) is 4.70. The third-order valence-corrected chi connectivity index (χ3v) is 2.43. The van der Waals surface area contributed by atoms with E-state index < -0.39 is 6.67 Å². The summed E-state index contributed by atoms with van der Waals surface area (Å²) in [5, 5.41) is 3.38. The second-order valence-corrected chi connectivity index (χ2v) is 3.49. The summed E-state index contributed by atoms with van der Waals surface area (Å²) in [6.07, 6.45) is 4.90. The first-order chi connectivity index (χ1) is 6.38. The number of imidazole rings is 1. The Bertz CT molecular complexity index is 266. The van der Waals surface area contributed by atoms with Gasteiger partial charge in [-0.25, -0.2) is 9.37 Å². The highest BCUT2D eigenvalue weighted by Crippen LogP contribution is 2.10. The van der Waals surface area contributed by atoms with Gasteiger partial charge >= 0.3 is 0 Å². The van der Waals surface area contributed by atoms with Crippen LogP contribution < -0.4 is 5.32 Å². The summed E-state index contributed by atoms with van der Waals surface area (Å²) in [7, 11) is 0. The maximum Gasteiger partial charge on any atom is 0.131 e. The highest BCUT2D eigenvalue weighted by Gasteiger charge is 2.15. The van der Waals surface area contributed by atoms with Gasteiger partial charge in [-0.1, -0.05) is 0 Å². The first kappa shape index (κ1) is 8.69. The molecule has 1 aromatic heterocycles. The zero-order valence-electron chi connectivity index (χ0n) is 7.52. The van der Waals surface area contributed by atoms with Crippen LogP contribution in [0.1, 0.15) is 24.4 Å². The molecule has 3 nitrogen and oxygen atoms in total. The van der Waals surface area contributed by atoms with E-state index in [1.165, 1.54) is 12.8 Å². The normalized spacial score (nSPS) is 22.4. The molecular formula is C9H14FN3. The number of hydrogen-bond acceptors (Lipinski definition) is 2.